The van der Waals surface area contributed by atoms with Gasteiger partial charge in [-0.15, -0.1) is 17.9 Å². The fourth-order valence-electron chi connectivity index (χ4n) is 3.80. The largest absolute Gasteiger partial charge is 0.385 e. The first-order valence-corrected chi connectivity index (χ1v) is 10.8. The molecule has 1 aliphatic rings. The Morgan fingerprint density at radius 2 is 2.14 bits per heavy atom. The molecule has 2 N–H and O–H groups in total. The summed E-state index contributed by atoms with van der Waals surface area (Å²) in [6, 6.07) is 6.71. The van der Waals surface area contributed by atoms with Crippen LogP contribution < -0.4 is 5.56 Å². The second-order valence-corrected chi connectivity index (χ2v) is 9.22. The molecule has 1 atom stereocenters. The smallest absolute Gasteiger partial charge is 0.260 e. The summed E-state index contributed by atoms with van der Waals surface area (Å²) in [5.74, 6) is 0.642. The van der Waals surface area contributed by atoms with Gasteiger partial charge in [-0.25, -0.2) is 4.98 Å². The number of nitrogens with zero attached hydrogens (tertiary/aromatic N) is 2. The maximum Gasteiger partial charge on any atom is 0.260 e. The van der Waals surface area contributed by atoms with Crippen LogP contribution in [0.3, 0.4) is 0 Å². The molecular formula is C23H27N3O2S. The second-order valence-electron chi connectivity index (χ2n) is 8.36. The summed E-state index contributed by atoms with van der Waals surface area (Å²) >= 11 is 1.50. The predicted octanol–water partition coefficient (Wildman–Crippen LogP) is 4.17. The van der Waals surface area contributed by atoms with Gasteiger partial charge in [0.1, 0.15) is 10.7 Å². The van der Waals surface area contributed by atoms with E-state index in [0.29, 0.717) is 30.3 Å². The predicted molar refractivity (Wildman–Crippen MR) is 119 cm³/mol. The molecule has 0 aliphatic heterocycles. The average molecular weight is 410 g/mol. The van der Waals surface area contributed by atoms with Gasteiger partial charge in [-0.3, -0.25) is 9.69 Å². The molecule has 1 saturated carbocycles. The monoisotopic (exact) mass is 409 g/mol. The SMILES string of the molecule is C=CC(C)(O)CN(Cc1nc2scc(-c3ccc(C)cc3C)c2c(=O)[nH]1)C1CC1. The van der Waals surface area contributed by atoms with E-state index in [1.807, 2.05) is 5.38 Å². The van der Waals surface area contributed by atoms with E-state index in [-0.39, 0.29) is 5.56 Å². The number of hydrogen-bond donors (Lipinski definition) is 2. The van der Waals surface area contributed by atoms with Crippen LogP contribution >= 0.6 is 11.3 Å². The highest BCUT2D eigenvalue weighted by molar-refractivity contribution is 7.17. The van der Waals surface area contributed by atoms with E-state index >= 15 is 0 Å². The Morgan fingerprint density at radius 3 is 2.79 bits per heavy atom. The first-order chi connectivity index (χ1) is 13.8. The van der Waals surface area contributed by atoms with Gasteiger partial charge in [-0.1, -0.05) is 29.8 Å². The van der Waals surface area contributed by atoms with Gasteiger partial charge >= 0.3 is 0 Å². The molecule has 3 aromatic rings. The zero-order chi connectivity index (χ0) is 20.8. The normalized spacial score (nSPS) is 16.3. The summed E-state index contributed by atoms with van der Waals surface area (Å²) in [7, 11) is 0. The number of aliphatic hydroxyl groups is 1. The number of aromatic nitrogens is 2. The van der Waals surface area contributed by atoms with Crippen molar-refractivity contribution >= 4 is 21.6 Å². The Hall–Kier alpha value is -2.28. The molecule has 152 valence electrons. The van der Waals surface area contributed by atoms with Crippen molar-refractivity contribution < 1.29 is 5.11 Å². The lowest BCUT2D eigenvalue weighted by atomic mass is 9.99. The van der Waals surface area contributed by atoms with Gasteiger partial charge in [-0.05, 0) is 44.7 Å². The molecule has 4 rings (SSSR count). The summed E-state index contributed by atoms with van der Waals surface area (Å²) in [6.07, 6.45) is 3.78. The Balaban J connectivity index is 1.68. The number of fused-ring (bicyclic) bond motifs is 1. The van der Waals surface area contributed by atoms with E-state index in [2.05, 4.69) is 48.5 Å². The molecule has 1 aromatic carbocycles. The molecule has 0 bridgehead atoms. The van der Waals surface area contributed by atoms with Crippen LogP contribution in [0.1, 0.15) is 36.7 Å². The Labute approximate surface area is 174 Å². The highest BCUT2D eigenvalue weighted by Crippen LogP contribution is 2.34. The number of H-pyrrole nitrogens is 1. The third-order valence-corrected chi connectivity index (χ3v) is 6.42. The van der Waals surface area contributed by atoms with Crippen LogP contribution in [0.2, 0.25) is 0 Å². The Morgan fingerprint density at radius 1 is 1.38 bits per heavy atom. The van der Waals surface area contributed by atoms with Crippen molar-refractivity contribution in [2.45, 2.75) is 51.8 Å². The van der Waals surface area contributed by atoms with E-state index in [1.165, 1.54) is 16.9 Å². The van der Waals surface area contributed by atoms with Crippen molar-refractivity contribution in [1.82, 2.24) is 14.9 Å². The summed E-state index contributed by atoms with van der Waals surface area (Å²) in [4.78, 5) is 23.6. The van der Waals surface area contributed by atoms with Crippen molar-refractivity contribution in [3.8, 4) is 11.1 Å². The van der Waals surface area contributed by atoms with Crippen molar-refractivity contribution in [2.75, 3.05) is 6.54 Å². The van der Waals surface area contributed by atoms with Gasteiger partial charge < -0.3 is 10.1 Å². The standard InChI is InChI=1S/C23H27N3O2S/c1-5-23(4,28)13-26(16-7-8-16)11-19-24-21(27)20-18(12-29-22(20)25-19)17-9-6-14(2)10-15(17)3/h5-6,9-10,12,16,28H,1,7-8,11,13H2,2-4H3,(H,24,25,27). The molecule has 0 saturated heterocycles. The minimum absolute atomic E-state index is 0.104. The number of benzene rings is 1. The third-order valence-electron chi connectivity index (χ3n) is 5.54. The van der Waals surface area contributed by atoms with Crippen LogP contribution in [-0.2, 0) is 6.54 Å². The minimum Gasteiger partial charge on any atom is -0.385 e. The minimum atomic E-state index is -0.966. The topological polar surface area (TPSA) is 69.2 Å². The molecule has 0 amide bonds. The van der Waals surface area contributed by atoms with Gasteiger partial charge in [-0.2, -0.15) is 0 Å². The van der Waals surface area contributed by atoms with Crippen molar-refractivity contribution in [1.29, 1.82) is 0 Å². The van der Waals surface area contributed by atoms with Crippen LogP contribution in [0, 0.1) is 13.8 Å². The van der Waals surface area contributed by atoms with Gasteiger partial charge in [0, 0.05) is 23.5 Å². The number of hydrogen-bond acceptors (Lipinski definition) is 5. The Kier molecular flexibility index (Phi) is 5.19. The van der Waals surface area contributed by atoms with Crippen LogP contribution in [0.15, 0.2) is 41.0 Å². The first kappa shape index (κ1) is 20.0. The number of nitrogens with one attached hydrogen (secondary N) is 1. The van der Waals surface area contributed by atoms with E-state index in [0.717, 1.165) is 34.4 Å². The van der Waals surface area contributed by atoms with Gasteiger partial charge in [0.15, 0.2) is 0 Å². The van der Waals surface area contributed by atoms with Gasteiger partial charge in [0.05, 0.1) is 17.5 Å². The first-order valence-electron chi connectivity index (χ1n) is 9.95. The Bertz CT molecular complexity index is 1120. The van der Waals surface area contributed by atoms with Gasteiger partial charge in [0.2, 0.25) is 0 Å². The number of aryl methyl sites for hydroxylation is 2. The molecule has 2 heterocycles. The maximum atomic E-state index is 13.0. The van der Waals surface area contributed by atoms with E-state index < -0.39 is 5.60 Å². The zero-order valence-electron chi connectivity index (χ0n) is 17.2. The lowest BCUT2D eigenvalue weighted by Crippen LogP contribution is -2.40. The molecular weight excluding hydrogens is 382 g/mol. The van der Waals surface area contributed by atoms with Crippen LogP contribution in [0.5, 0.6) is 0 Å². The molecule has 0 spiro atoms. The molecule has 29 heavy (non-hydrogen) atoms. The summed E-state index contributed by atoms with van der Waals surface area (Å²) in [6.45, 7) is 10.6. The van der Waals surface area contributed by atoms with E-state index in [1.54, 1.807) is 13.0 Å². The highest BCUT2D eigenvalue weighted by Gasteiger charge is 2.33. The van der Waals surface area contributed by atoms with Crippen molar-refractivity contribution in [3.63, 3.8) is 0 Å². The third kappa shape index (κ3) is 4.20. The van der Waals surface area contributed by atoms with Crippen LogP contribution in [0.25, 0.3) is 21.3 Å². The van der Waals surface area contributed by atoms with Crippen molar-refractivity contribution in [3.05, 3.63) is 63.5 Å². The van der Waals surface area contributed by atoms with Gasteiger partial charge in [0.25, 0.3) is 5.56 Å². The number of thiophene rings is 1. The molecule has 0 radical (unpaired) electrons. The zero-order valence-corrected chi connectivity index (χ0v) is 18.0. The lowest BCUT2D eigenvalue weighted by molar-refractivity contribution is 0.0543. The molecule has 1 aliphatic carbocycles. The molecule has 1 unspecified atom stereocenters. The van der Waals surface area contributed by atoms with E-state index in [9.17, 15) is 9.90 Å². The summed E-state index contributed by atoms with van der Waals surface area (Å²) in [5.41, 5.74) is 3.30. The number of aromatic amines is 1. The summed E-state index contributed by atoms with van der Waals surface area (Å²) in [5, 5.41) is 13.1. The fourth-order valence-corrected chi connectivity index (χ4v) is 4.76. The quantitative estimate of drug-likeness (QED) is 0.575. The fraction of sp³-hybridized carbons (Fsp3) is 0.391. The summed E-state index contributed by atoms with van der Waals surface area (Å²) < 4.78 is 0. The number of rotatable bonds is 7. The second kappa shape index (κ2) is 7.52. The average Bonchev–Trinajstić information content (AvgIpc) is 3.42. The molecule has 1 fully saturated rings. The molecule has 6 heteroatoms. The maximum absolute atomic E-state index is 13.0. The van der Waals surface area contributed by atoms with Crippen LogP contribution in [-0.4, -0.2) is 38.2 Å². The molecule has 5 nitrogen and oxygen atoms in total. The lowest BCUT2D eigenvalue weighted by Gasteiger charge is -2.29. The van der Waals surface area contributed by atoms with Crippen molar-refractivity contribution in [2.24, 2.45) is 0 Å². The van der Waals surface area contributed by atoms with E-state index in [4.69, 9.17) is 4.98 Å². The van der Waals surface area contributed by atoms with Crippen LogP contribution in [0.4, 0.5) is 0 Å². The molecule has 2 aromatic heterocycles. The highest BCUT2D eigenvalue weighted by atomic mass is 32.1.